The molecule has 4 heteroatoms. The summed E-state index contributed by atoms with van der Waals surface area (Å²) in [5.74, 6) is 0.355. The van der Waals surface area contributed by atoms with Crippen LogP contribution in [0, 0.1) is 0 Å². The Balaban J connectivity index is 0.00000112. The summed E-state index contributed by atoms with van der Waals surface area (Å²) >= 11 is 3.35. The second-order valence-electron chi connectivity index (χ2n) is 3.88. The van der Waals surface area contributed by atoms with E-state index in [1.54, 1.807) is 0 Å². The highest BCUT2D eigenvalue weighted by molar-refractivity contribution is 9.10. The van der Waals surface area contributed by atoms with Gasteiger partial charge in [0, 0.05) is 13.1 Å². The summed E-state index contributed by atoms with van der Waals surface area (Å²) in [7, 11) is 2.14. The average molecular weight is 337 g/mol. The normalized spacial score (nSPS) is 16.4. The number of phenolic OH excluding ortho intramolecular Hbond substituents is 1. The van der Waals surface area contributed by atoms with E-state index in [0.717, 1.165) is 30.4 Å². The van der Waals surface area contributed by atoms with Crippen LogP contribution in [-0.2, 0) is 12.8 Å². The fourth-order valence-electron chi connectivity index (χ4n) is 1.85. The Kier molecular flexibility index (Phi) is 4.62. The van der Waals surface area contributed by atoms with Gasteiger partial charge in [0.15, 0.2) is 0 Å². The van der Waals surface area contributed by atoms with Crippen molar-refractivity contribution in [2.24, 2.45) is 0 Å². The van der Waals surface area contributed by atoms with Crippen LogP contribution in [0.4, 0.5) is 0 Å². The lowest BCUT2D eigenvalue weighted by Gasteiger charge is -2.10. The zero-order valence-electron chi connectivity index (χ0n) is 8.66. The van der Waals surface area contributed by atoms with Gasteiger partial charge in [-0.3, -0.25) is 0 Å². The summed E-state index contributed by atoms with van der Waals surface area (Å²) in [4.78, 5) is 2.32. The summed E-state index contributed by atoms with van der Waals surface area (Å²) in [6.07, 6.45) is 2.11. The van der Waals surface area contributed by atoms with Gasteiger partial charge in [-0.05, 0) is 59.1 Å². The van der Waals surface area contributed by atoms with Crippen LogP contribution in [0.5, 0.6) is 5.75 Å². The molecule has 0 aromatic heterocycles. The molecule has 0 amide bonds. The van der Waals surface area contributed by atoms with Crippen molar-refractivity contribution in [1.82, 2.24) is 4.90 Å². The van der Waals surface area contributed by atoms with Crippen LogP contribution in [0.15, 0.2) is 16.6 Å². The van der Waals surface area contributed by atoms with E-state index in [2.05, 4.69) is 27.9 Å². The zero-order chi connectivity index (χ0) is 10.1. The highest BCUT2D eigenvalue weighted by Crippen LogP contribution is 2.29. The minimum Gasteiger partial charge on any atom is -0.507 e. The monoisotopic (exact) mass is 335 g/mol. The second kappa shape index (κ2) is 5.32. The highest BCUT2D eigenvalue weighted by atomic mass is 79.9. The van der Waals surface area contributed by atoms with E-state index < -0.39 is 0 Å². The van der Waals surface area contributed by atoms with Gasteiger partial charge < -0.3 is 10.0 Å². The summed E-state index contributed by atoms with van der Waals surface area (Å²) in [6.45, 7) is 2.18. The molecule has 0 saturated heterocycles. The molecule has 0 atom stereocenters. The number of aromatic hydroxyl groups is 1. The first-order chi connectivity index (χ1) is 6.66. The van der Waals surface area contributed by atoms with Crippen LogP contribution in [0.2, 0.25) is 0 Å². The van der Waals surface area contributed by atoms with Crippen LogP contribution in [-0.4, -0.2) is 30.1 Å². The molecule has 1 aliphatic rings. The van der Waals surface area contributed by atoms with Crippen molar-refractivity contribution in [1.29, 1.82) is 0 Å². The van der Waals surface area contributed by atoms with Crippen LogP contribution >= 0.6 is 32.9 Å². The highest BCUT2D eigenvalue weighted by Gasteiger charge is 2.13. The molecular formula is C11H15Br2NO. The van der Waals surface area contributed by atoms with Crippen molar-refractivity contribution >= 4 is 32.9 Å². The van der Waals surface area contributed by atoms with Gasteiger partial charge in [-0.15, -0.1) is 17.0 Å². The third kappa shape index (κ3) is 2.95. The first kappa shape index (κ1) is 13.0. The fourth-order valence-corrected chi connectivity index (χ4v) is 2.24. The minimum absolute atomic E-state index is 0. The number of rotatable bonds is 0. The number of benzene rings is 1. The Labute approximate surface area is 109 Å². The molecule has 0 radical (unpaired) electrons. The molecular weight excluding hydrogens is 322 g/mol. The van der Waals surface area contributed by atoms with Gasteiger partial charge in [0.1, 0.15) is 5.75 Å². The molecule has 1 heterocycles. The van der Waals surface area contributed by atoms with Crippen molar-refractivity contribution in [2.75, 3.05) is 20.1 Å². The van der Waals surface area contributed by atoms with Crippen LogP contribution < -0.4 is 0 Å². The molecule has 2 rings (SSSR count). The van der Waals surface area contributed by atoms with Crippen LogP contribution in [0.1, 0.15) is 11.1 Å². The van der Waals surface area contributed by atoms with Gasteiger partial charge >= 0.3 is 0 Å². The number of hydrogen-bond acceptors (Lipinski definition) is 2. The number of nitrogens with zero attached hydrogens (tertiary/aromatic N) is 1. The van der Waals surface area contributed by atoms with Crippen molar-refractivity contribution in [3.63, 3.8) is 0 Å². The standard InChI is InChI=1S/C11H14BrNO.BrH/c1-13-4-2-8-6-10(12)11(14)7-9(8)3-5-13;/h6-7,14H,2-5H2,1H3;1H. The SMILES string of the molecule is Br.CN1CCc2cc(O)c(Br)cc2CC1. The quantitative estimate of drug-likeness (QED) is 0.787. The van der Waals surface area contributed by atoms with Crippen LogP contribution in [0.3, 0.4) is 0 Å². The molecule has 0 unspecified atom stereocenters. The Hall–Kier alpha value is -0.0600. The molecule has 0 fully saturated rings. The molecule has 2 nitrogen and oxygen atoms in total. The van der Waals surface area contributed by atoms with Crippen molar-refractivity contribution in [3.8, 4) is 5.75 Å². The Morgan fingerprint density at radius 3 is 2.33 bits per heavy atom. The predicted octanol–water partition coefficient (Wildman–Crippen LogP) is 2.76. The first-order valence-corrected chi connectivity index (χ1v) is 5.65. The lowest BCUT2D eigenvalue weighted by molar-refractivity contribution is 0.352. The van der Waals surface area contributed by atoms with Crippen molar-refractivity contribution < 1.29 is 5.11 Å². The van der Waals surface area contributed by atoms with Gasteiger partial charge in [0.05, 0.1) is 4.47 Å². The maximum Gasteiger partial charge on any atom is 0.130 e. The van der Waals surface area contributed by atoms with E-state index >= 15 is 0 Å². The van der Waals surface area contributed by atoms with Gasteiger partial charge in [-0.1, -0.05) is 0 Å². The van der Waals surface area contributed by atoms with E-state index in [1.165, 1.54) is 11.1 Å². The minimum atomic E-state index is 0. The predicted molar refractivity (Wildman–Crippen MR) is 71.0 cm³/mol. The van der Waals surface area contributed by atoms with Crippen LogP contribution in [0.25, 0.3) is 0 Å². The molecule has 0 aliphatic carbocycles. The molecule has 1 N–H and O–H groups in total. The smallest absolute Gasteiger partial charge is 0.130 e. The Morgan fingerprint density at radius 1 is 1.20 bits per heavy atom. The third-order valence-electron chi connectivity index (χ3n) is 2.79. The second-order valence-corrected chi connectivity index (χ2v) is 4.73. The lowest BCUT2D eigenvalue weighted by atomic mass is 10.0. The number of halogens is 2. The van der Waals surface area contributed by atoms with Crippen molar-refractivity contribution in [3.05, 3.63) is 27.7 Å². The number of likely N-dealkylation sites (N-methyl/N-ethyl adjacent to an activating group) is 1. The Morgan fingerprint density at radius 2 is 1.73 bits per heavy atom. The number of phenols is 1. The molecule has 1 aromatic carbocycles. The average Bonchev–Trinajstić information content (AvgIpc) is 2.31. The van der Waals surface area contributed by atoms with E-state index in [0.29, 0.717) is 5.75 Å². The lowest BCUT2D eigenvalue weighted by Crippen LogP contribution is -2.20. The molecule has 1 aliphatic heterocycles. The summed E-state index contributed by atoms with van der Waals surface area (Å²) in [6, 6.07) is 3.93. The van der Waals surface area contributed by atoms with Gasteiger partial charge in [0.25, 0.3) is 0 Å². The van der Waals surface area contributed by atoms with E-state index in [4.69, 9.17) is 0 Å². The molecule has 0 saturated carbocycles. The van der Waals surface area contributed by atoms with Gasteiger partial charge in [-0.25, -0.2) is 0 Å². The van der Waals surface area contributed by atoms with Crippen molar-refractivity contribution in [2.45, 2.75) is 12.8 Å². The summed E-state index contributed by atoms with van der Waals surface area (Å²) < 4.78 is 0.806. The van der Waals surface area contributed by atoms with E-state index in [-0.39, 0.29) is 17.0 Å². The first-order valence-electron chi connectivity index (χ1n) is 4.85. The summed E-state index contributed by atoms with van der Waals surface area (Å²) in [5, 5.41) is 9.57. The molecule has 15 heavy (non-hydrogen) atoms. The maximum absolute atomic E-state index is 9.57. The largest absolute Gasteiger partial charge is 0.507 e. The fraction of sp³-hybridized carbons (Fsp3) is 0.455. The summed E-state index contributed by atoms with van der Waals surface area (Å²) in [5.41, 5.74) is 2.65. The number of hydrogen-bond donors (Lipinski definition) is 1. The molecule has 0 spiro atoms. The van der Waals surface area contributed by atoms with Gasteiger partial charge in [-0.2, -0.15) is 0 Å². The molecule has 0 bridgehead atoms. The van der Waals surface area contributed by atoms with Gasteiger partial charge in [0.2, 0.25) is 0 Å². The zero-order valence-corrected chi connectivity index (χ0v) is 12.0. The molecule has 1 aromatic rings. The van der Waals surface area contributed by atoms with E-state index in [1.807, 2.05) is 12.1 Å². The third-order valence-corrected chi connectivity index (χ3v) is 3.43. The number of fused-ring (bicyclic) bond motifs is 1. The maximum atomic E-state index is 9.57. The van der Waals surface area contributed by atoms with E-state index in [9.17, 15) is 5.11 Å². The molecule has 84 valence electrons. The topological polar surface area (TPSA) is 23.5 Å². The Bertz CT molecular complexity index is 322.